The Morgan fingerprint density at radius 2 is 0.414 bits per heavy atom. The van der Waals surface area contributed by atoms with Crippen LogP contribution >= 0.6 is 0 Å². The second-order valence-electron chi connectivity index (χ2n) is 14.6. The summed E-state index contributed by atoms with van der Waals surface area (Å²) in [6.07, 6.45) is 0.324. The van der Waals surface area contributed by atoms with Gasteiger partial charge in [0.1, 0.15) is 6.10 Å². The Bertz CT molecular complexity index is 2710. The quantitative estimate of drug-likeness (QED) is 0.0927. The number of Topliss-reactive ketones (excluding diaryl/α,β-unsaturated/α-hetero) is 1. The van der Waals surface area contributed by atoms with Crippen molar-refractivity contribution in [2.45, 2.75) is 0 Å². The Morgan fingerprint density at radius 1 is 0.257 bits per heavy atom. The van der Waals surface area contributed by atoms with Crippen molar-refractivity contribution in [1.82, 2.24) is 0 Å². The number of ketones is 1. The fraction of sp³-hybridized carbons (Fsp3) is 0. The van der Waals surface area contributed by atoms with Crippen LogP contribution in [-0.2, 0) is 62.4 Å². The van der Waals surface area contributed by atoms with Gasteiger partial charge in [0.25, 0.3) is 0 Å². The molecule has 0 unspecified atom stereocenters. The Balaban J connectivity index is 0.000000317. The molecule has 0 atom stereocenters. The standard InChI is InChI=1S/C29H21O.C29H20O.4CO.2Ru.H/c2*30-29-27(23-17-9-3-10-18-23)25(21-13-5-1-6-14-21)26(22-15-7-2-8-16-22)28(29)24-19-11-4-12-20-24;4*1-2;;;/h1-20,30H;1-20H;;;;;;;. The second kappa shape index (κ2) is 30.5. The van der Waals surface area contributed by atoms with Crippen molar-refractivity contribution < 1.29 is 67.5 Å². The van der Waals surface area contributed by atoms with Crippen LogP contribution < -0.4 is 0 Å². The molecule has 6 nitrogen and oxygen atoms in total. The van der Waals surface area contributed by atoms with Crippen molar-refractivity contribution >= 4 is 28.1 Å². The minimum absolute atomic E-state index is 0. The van der Waals surface area contributed by atoms with Gasteiger partial charge in [0.05, 0.1) is 11.8 Å². The summed E-state index contributed by atoms with van der Waals surface area (Å²) in [5.41, 5.74) is 11.7. The van der Waals surface area contributed by atoms with Gasteiger partial charge < -0.3 is 5.11 Å². The minimum atomic E-state index is 0. The predicted molar refractivity (Wildman–Crippen MR) is 262 cm³/mol. The second-order valence-corrected chi connectivity index (χ2v) is 14.6. The number of hydrogen-bond acceptors (Lipinski definition) is 2. The van der Waals surface area contributed by atoms with E-state index in [1.165, 1.54) is 0 Å². The van der Waals surface area contributed by atoms with Gasteiger partial charge in [-0.2, -0.15) is 0 Å². The van der Waals surface area contributed by atoms with Crippen LogP contribution in [0.15, 0.2) is 243 Å². The van der Waals surface area contributed by atoms with Crippen molar-refractivity contribution in [3.8, 4) is 0 Å². The van der Waals surface area contributed by atoms with Crippen LogP contribution in [0.4, 0.5) is 0 Å². The number of hydrogen-bond donors (Lipinski definition) is 1. The number of benzene rings is 8. The molecule has 0 aromatic heterocycles. The molecule has 1 N–H and O–H groups in total. The Labute approximate surface area is 436 Å². The van der Waals surface area contributed by atoms with Crippen molar-refractivity contribution in [1.29, 1.82) is 0 Å². The Hall–Kier alpha value is -6.92. The molecule has 1 saturated carbocycles. The maximum Gasteiger partial charge on any atom is 0 e. The first-order valence-corrected chi connectivity index (χ1v) is 21.0. The van der Waals surface area contributed by atoms with Crippen LogP contribution in [-0.4, -0.2) is 10.9 Å². The summed E-state index contributed by atoms with van der Waals surface area (Å²) in [5, 5.41) is 11.6. The number of carbonyl (C=O) groups excluding carboxylic acids is 1. The molecule has 5 radical (unpaired) electrons. The van der Waals surface area contributed by atoms with E-state index in [-0.39, 0.29) is 44.7 Å². The number of rotatable bonds is 8. The SMILES string of the molecule is O=C1C(c2ccccc2)=C(c2ccccc2)C(c2ccccc2)=C1c1ccccc1.O[C]1[C](c2ccccc2)[C](c2ccccc2)[C](c2ccccc2)[C]1c1ccccc1.[C-]#[O+].[C-]#[O+].[C-]#[O+].[C-]#[O+].[RuH].[Ru]. The maximum atomic E-state index is 14.0. The topological polar surface area (TPSA) is 117 Å². The van der Waals surface area contributed by atoms with Crippen LogP contribution in [0.5, 0.6) is 0 Å². The van der Waals surface area contributed by atoms with Crippen LogP contribution in [0.1, 0.15) is 44.5 Å². The van der Waals surface area contributed by atoms with E-state index in [1.807, 2.05) is 170 Å². The maximum absolute atomic E-state index is 14.0. The van der Waals surface area contributed by atoms with Crippen LogP contribution in [0, 0.1) is 56.4 Å². The van der Waals surface area contributed by atoms with E-state index in [0.717, 1.165) is 90.5 Å². The molecule has 0 spiro atoms. The van der Waals surface area contributed by atoms with Gasteiger partial charge in [-0.05, 0) is 44.5 Å². The van der Waals surface area contributed by atoms with Gasteiger partial charge >= 0.3 is 64.7 Å². The van der Waals surface area contributed by atoms with E-state index >= 15 is 0 Å². The molecule has 1 fully saturated rings. The molecule has 8 heteroatoms. The smallest absolute Gasteiger partial charge is 0 e. The Morgan fingerprint density at radius 3 is 0.614 bits per heavy atom. The number of aliphatic hydroxyl groups is 1. The normalized spacial score (nSPS) is 13.2. The van der Waals surface area contributed by atoms with Gasteiger partial charge in [0, 0.05) is 53.6 Å². The van der Waals surface area contributed by atoms with E-state index < -0.39 is 0 Å². The van der Waals surface area contributed by atoms with Gasteiger partial charge in [0.2, 0.25) is 0 Å². The molecule has 8 aromatic rings. The molecule has 0 saturated heterocycles. The number of allylic oxidation sites excluding steroid dienone is 4. The molecular formula is C62H42O6Ru2. The van der Waals surface area contributed by atoms with Gasteiger partial charge in [-0.15, -0.1) is 0 Å². The van der Waals surface area contributed by atoms with Crippen LogP contribution in [0.2, 0.25) is 0 Å². The molecular weight excluding hydrogens is 1040 g/mol. The summed E-state index contributed by atoms with van der Waals surface area (Å²) in [6.45, 7) is 18.0. The molecule has 2 aliphatic carbocycles. The van der Waals surface area contributed by atoms with Crippen molar-refractivity contribution in [2.24, 2.45) is 0 Å². The number of carbonyl (C=O) groups is 1. The van der Waals surface area contributed by atoms with E-state index in [1.54, 1.807) is 0 Å². The van der Waals surface area contributed by atoms with Crippen molar-refractivity contribution in [3.05, 3.63) is 344 Å². The zero-order chi connectivity index (χ0) is 48.7. The molecule has 0 aliphatic heterocycles. The average molecular weight is 1090 g/mol. The molecule has 70 heavy (non-hydrogen) atoms. The summed E-state index contributed by atoms with van der Waals surface area (Å²) in [4.78, 5) is 14.0. The molecule has 10 rings (SSSR count). The Kier molecular flexibility index (Phi) is 25.0. The third kappa shape index (κ3) is 13.2. The summed E-state index contributed by atoms with van der Waals surface area (Å²) in [5.74, 6) is 3.94. The fourth-order valence-corrected chi connectivity index (χ4v) is 8.32. The minimum Gasteiger partial charge on any atom is 0 e. The zero-order valence-corrected chi connectivity index (χ0v) is 40.9. The third-order valence-electron chi connectivity index (χ3n) is 10.9. The van der Waals surface area contributed by atoms with Gasteiger partial charge in [-0.3, -0.25) is 4.79 Å². The van der Waals surface area contributed by atoms with E-state index in [4.69, 9.17) is 18.6 Å². The third-order valence-corrected chi connectivity index (χ3v) is 10.9. The summed E-state index contributed by atoms with van der Waals surface area (Å²) < 4.78 is 30.0. The summed E-state index contributed by atoms with van der Waals surface area (Å²) in [6, 6.07) is 81.4. The molecule has 8 aromatic carbocycles. The summed E-state index contributed by atoms with van der Waals surface area (Å²) >= 11 is 0. The van der Waals surface area contributed by atoms with E-state index in [9.17, 15) is 9.90 Å². The first kappa shape index (κ1) is 57.4. The van der Waals surface area contributed by atoms with E-state index in [2.05, 4.69) is 99.4 Å². The number of aliphatic hydroxyl groups excluding tert-OH is 1. The molecule has 342 valence electrons. The fourth-order valence-electron chi connectivity index (χ4n) is 8.32. The molecule has 0 amide bonds. The van der Waals surface area contributed by atoms with Gasteiger partial charge in [-0.1, -0.05) is 243 Å². The first-order valence-electron chi connectivity index (χ1n) is 21.0. The van der Waals surface area contributed by atoms with Gasteiger partial charge in [0.15, 0.2) is 5.78 Å². The largest absolute Gasteiger partial charge is 0 e. The van der Waals surface area contributed by atoms with Crippen molar-refractivity contribution in [3.63, 3.8) is 0 Å². The van der Waals surface area contributed by atoms with Crippen LogP contribution in [0.3, 0.4) is 0 Å². The summed E-state index contributed by atoms with van der Waals surface area (Å²) in [7, 11) is 0. The first-order chi connectivity index (χ1) is 33.7. The predicted octanol–water partition coefficient (Wildman–Crippen LogP) is 12.8. The van der Waals surface area contributed by atoms with Crippen molar-refractivity contribution in [2.75, 3.05) is 0 Å². The van der Waals surface area contributed by atoms with Crippen LogP contribution in [0.25, 0.3) is 22.3 Å². The molecule has 0 bridgehead atoms. The molecule has 2 aliphatic rings. The van der Waals surface area contributed by atoms with Gasteiger partial charge in [-0.25, -0.2) is 0 Å². The average Bonchev–Trinajstić information content (AvgIpc) is 3.93. The van der Waals surface area contributed by atoms with E-state index in [0.29, 0.717) is 6.10 Å². The molecule has 0 heterocycles. The zero-order valence-electron chi connectivity index (χ0n) is 37.3. The monoisotopic (exact) mass is 1090 g/mol.